The number of esters is 1. The zero-order chi connectivity index (χ0) is 23.3. The Hall–Kier alpha value is -3.19. The van der Waals surface area contributed by atoms with Gasteiger partial charge in [-0.2, -0.15) is 0 Å². The van der Waals surface area contributed by atoms with Crippen molar-refractivity contribution in [1.29, 1.82) is 0 Å². The number of hydrogen-bond donors (Lipinski definition) is 1. The molecule has 0 aromatic heterocycles. The highest BCUT2D eigenvalue weighted by molar-refractivity contribution is 5.95. The van der Waals surface area contributed by atoms with Gasteiger partial charge in [0.2, 0.25) is 11.8 Å². The number of nitrogens with zero attached hydrogens (tertiary/aromatic N) is 2. The van der Waals surface area contributed by atoms with Crippen LogP contribution >= 0.6 is 0 Å². The van der Waals surface area contributed by atoms with E-state index >= 15 is 0 Å². The van der Waals surface area contributed by atoms with Crippen molar-refractivity contribution < 1.29 is 19.1 Å². The molecule has 2 heterocycles. The first kappa shape index (κ1) is 23.0. The maximum atomic E-state index is 13.0. The van der Waals surface area contributed by atoms with Crippen LogP contribution in [0.25, 0.3) is 0 Å². The Kier molecular flexibility index (Phi) is 7.08. The molecule has 0 spiro atoms. The van der Waals surface area contributed by atoms with Crippen LogP contribution in [0.2, 0.25) is 0 Å². The molecule has 7 heteroatoms. The summed E-state index contributed by atoms with van der Waals surface area (Å²) in [5.74, 6) is -0.485. The highest BCUT2D eigenvalue weighted by Gasteiger charge is 2.44. The highest BCUT2D eigenvalue weighted by atomic mass is 16.5. The first-order chi connectivity index (χ1) is 16.0. The largest absolute Gasteiger partial charge is 0.467 e. The van der Waals surface area contributed by atoms with E-state index in [4.69, 9.17) is 4.74 Å². The van der Waals surface area contributed by atoms with E-state index < -0.39 is 11.5 Å². The van der Waals surface area contributed by atoms with E-state index in [0.717, 1.165) is 37.2 Å². The Labute approximate surface area is 194 Å². The zero-order valence-electron chi connectivity index (χ0n) is 19.1. The normalized spacial score (nSPS) is 21.1. The van der Waals surface area contributed by atoms with Gasteiger partial charge in [-0.1, -0.05) is 42.5 Å². The van der Waals surface area contributed by atoms with E-state index in [2.05, 4.69) is 22.3 Å². The van der Waals surface area contributed by atoms with Gasteiger partial charge in [0.05, 0.1) is 13.5 Å². The predicted molar refractivity (Wildman–Crippen MR) is 126 cm³/mol. The van der Waals surface area contributed by atoms with Crippen molar-refractivity contribution >= 4 is 23.5 Å². The lowest BCUT2D eigenvalue weighted by Gasteiger charge is -2.41. The van der Waals surface area contributed by atoms with Crippen LogP contribution in [0.15, 0.2) is 54.6 Å². The quantitative estimate of drug-likeness (QED) is 0.658. The fourth-order valence-corrected chi connectivity index (χ4v) is 4.85. The number of benzene rings is 2. The number of rotatable bonds is 7. The Morgan fingerprint density at radius 3 is 2.42 bits per heavy atom. The zero-order valence-corrected chi connectivity index (χ0v) is 19.1. The summed E-state index contributed by atoms with van der Waals surface area (Å²) in [7, 11) is 1.37. The summed E-state index contributed by atoms with van der Waals surface area (Å²) in [6.07, 6.45) is 2.96. The van der Waals surface area contributed by atoms with Gasteiger partial charge < -0.3 is 15.0 Å². The van der Waals surface area contributed by atoms with E-state index in [1.54, 1.807) is 4.90 Å². The molecule has 2 saturated heterocycles. The first-order valence-electron chi connectivity index (χ1n) is 11.5. The summed E-state index contributed by atoms with van der Waals surface area (Å²) in [6.45, 7) is 2.72. The molecule has 33 heavy (non-hydrogen) atoms. The number of nitrogens with one attached hydrogen (secondary N) is 1. The second kappa shape index (κ2) is 10.2. The number of amides is 2. The minimum atomic E-state index is -1.05. The molecule has 7 nitrogen and oxygen atoms in total. The third kappa shape index (κ3) is 5.42. The summed E-state index contributed by atoms with van der Waals surface area (Å²) < 4.78 is 5.11. The van der Waals surface area contributed by atoms with Crippen molar-refractivity contribution in [2.24, 2.45) is 0 Å². The van der Waals surface area contributed by atoms with Crippen molar-refractivity contribution in [3.05, 3.63) is 65.7 Å². The van der Waals surface area contributed by atoms with Gasteiger partial charge in [-0.25, -0.2) is 4.79 Å². The molecule has 174 valence electrons. The molecule has 1 atom stereocenters. The van der Waals surface area contributed by atoms with Crippen molar-refractivity contribution in [3.8, 4) is 0 Å². The fraction of sp³-hybridized carbons (Fsp3) is 0.423. The first-order valence-corrected chi connectivity index (χ1v) is 11.5. The Balaban J connectivity index is 1.42. The van der Waals surface area contributed by atoms with E-state index in [9.17, 15) is 14.4 Å². The van der Waals surface area contributed by atoms with Crippen molar-refractivity contribution in [1.82, 2.24) is 10.2 Å². The van der Waals surface area contributed by atoms with Crippen molar-refractivity contribution in [3.63, 3.8) is 0 Å². The lowest BCUT2D eigenvalue weighted by atomic mass is 9.88. The summed E-state index contributed by atoms with van der Waals surface area (Å²) >= 11 is 0. The van der Waals surface area contributed by atoms with Gasteiger partial charge in [0.25, 0.3) is 0 Å². The third-order valence-electron chi connectivity index (χ3n) is 6.46. The van der Waals surface area contributed by atoms with Crippen molar-refractivity contribution in [2.75, 3.05) is 31.6 Å². The number of carbonyl (C=O) groups is 3. The van der Waals surface area contributed by atoms with Crippen LogP contribution in [-0.2, 0) is 32.1 Å². The van der Waals surface area contributed by atoms with Gasteiger partial charge in [-0.05, 0) is 49.1 Å². The average molecular weight is 450 g/mol. The number of carbonyl (C=O) groups excluding carboxylic acids is 3. The molecule has 1 N–H and O–H groups in total. The minimum Gasteiger partial charge on any atom is -0.467 e. The molecule has 1 unspecified atom stereocenters. The molecule has 2 aliphatic heterocycles. The van der Waals surface area contributed by atoms with Crippen LogP contribution in [0, 0.1) is 0 Å². The number of anilines is 1. The number of ether oxygens (including phenoxy) is 1. The monoisotopic (exact) mass is 449 g/mol. The third-order valence-corrected chi connectivity index (χ3v) is 6.46. The number of hydrogen-bond acceptors (Lipinski definition) is 5. The Bertz CT molecular complexity index is 992. The van der Waals surface area contributed by atoms with Crippen LogP contribution in [0.3, 0.4) is 0 Å². The van der Waals surface area contributed by atoms with Gasteiger partial charge in [0.15, 0.2) is 5.54 Å². The Morgan fingerprint density at radius 1 is 1.00 bits per heavy atom. The van der Waals surface area contributed by atoms with Gasteiger partial charge in [-0.15, -0.1) is 0 Å². The van der Waals surface area contributed by atoms with Gasteiger partial charge >= 0.3 is 5.97 Å². The minimum absolute atomic E-state index is 0.137. The van der Waals surface area contributed by atoms with Crippen LogP contribution in [0.5, 0.6) is 0 Å². The fourth-order valence-electron chi connectivity index (χ4n) is 4.85. The SMILES string of the molecule is COC(=O)C1(NC(=O)Cc2ccc(N3CCCC3=O)cc2)CCCN(Cc2ccccc2)C1. The molecule has 2 aromatic carbocycles. The molecule has 0 radical (unpaired) electrons. The van der Waals surface area contributed by atoms with Crippen LogP contribution in [0.4, 0.5) is 5.69 Å². The summed E-state index contributed by atoms with van der Waals surface area (Å²) in [6, 6.07) is 17.6. The number of methoxy groups -OCH3 is 1. The second-order valence-corrected chi connectivity index (χ2v) is 8.91. The van der Waals surface area contributed by atoms with E-state index in [0.29, 0.717) is 25.9 Å². The van der Waals surface area contributed by atoms with Crippen LogP contribution in [0.1, 0.15) is 36.8 Å². The summed E-state index contributed by atoms with van der Waals surface area (Å²) in [4.78, 5) is 41.7. The van der Waals surface area contributed by atoms with Gasteiger partial charge in [0, 0.05) is 31.7 Å². The van der Waals surface area contributed by atoms with Crippen LogP contribution in [-0.4, -0.2) is 55.0 Å². The molecule has 4 rings (SSSR count). The number of likely N-dealkylation sites (tertiary alicyclic amines) is 1. The Morgan fingerprint density at radius 2 is 1.76 bits per heavy atom. The molecular weight excluding hydrogens is 418 g/mol. The topological polar surface area (TPSA) is 79.0 Å². The predicted octanol–water partition coefficient (Wildman–Crippen LogP) is 2.68. The van der Waals surface area contributed by atoms with E-state index in [-0.39, 0.29) is 18.2 Å². The molecule has 2 amide bonds. The molecule has 2 fully saturated rings. The second-order valence-electron chi connectivity index (χ2n) is 8.91. The van der Waals surface area contributed by atoms with Crippen LogP contribution < -0.4 is 10.2 Å². The van der Waals surface area contributed by atoms with E-state index in [1.807, 2.05) is 42.5 Å². The molecule has 2 aliphatic rings. The highest BCUT2D eigenvalue weighted by Crippen LogP contribution is 2.25. The number of piperidine rings is 1. The maximum Gasteiger partial charge on any atom is 0.332 e. The van der Waals surface area contributed by atoms with Crippen molar-refractivity contribution in [2.45, 2.75) is 44.2 Å². The molecule has 0 aliphatic carbocycles. The molecule has 0 saturated carbocycles. The summed E-state index contributed by atoms with van der Waals surface area (Å²) in [5.41, 5.74) is 1.80. The summed E-state index contributed by atoms with van der Waals surface area (Å²) in [5, 5.41) is 3.00. The smallest absolute Gasteiger partial charge is 0.332 e. The van der Waals surface area contributed by atoms with E-state index in [1.165, 1.54) is 12.7 Å². The lowest BCUT2D eigenvalue weighted by molar-refractivity contribution is -0.153. The molecule has 2 aromatic rings. The maximum absolute atomic E-state index is 13.0. The molecule has 0 bridgehead atoms. The van der Waals surface area contributed by atoms with Gasteiger partial charge in [-0.3, -0.25) is 14.5 Å². The lowest BCUT2D eigenvalue weighted by Crippen LogP contribution is -2.63. The molecular formula is C26H31N3O4. The average Bonchev–Trinajstić information content (AvgIpc) is 3.25. The standard InChI is InChI=1S/C26H31N3O4/c1-33-25(32)26(14-6-15-28(19-26)18-21-7-3-2-4-8-21)27-23(30)17-20-10-12-22(13-11-20)29-16-5-9-24(29)31/h2-4,7-8,10-13H,5-6,9,14-19H2,1H3,(H,27,30). The van der Waals surface area contributed by atoms with Gasteiger partial charge in [0.1, 0.15) is 0 Å².